The second-order valence-corrected chi connectivity index (χ2v) is 5.88. The lowest BCUT2D eigenvalue weighted by molar-refractivity contribution is 0.0840. The molecule has 1 aliphatic rings. The molecule has 0 radical (unpaired) electrons. The summed E-state index contributed by atoms with van der Waals surface area (Å²) in [5.74, 6) is 2.22. The van der Waals surface area contributed by atoms with Gasteiger partial charge in [0.1, 0.15) is 0 Å². The zero-order chi connectivity index (χ0) is 13.1. The van der Waals surface area contributed by atoms with Crippen LogP contribution in [-0.4, -0.2) is 11.9 Å². The fourth-order valence-electron chi connectivity index (χ4n) is 3.02. The minimum absolute atomic E-state index is 0.0789. The summed E-state index contributed by atoms with van der Waals surface area (Å²) in [7, 11) is 0. The monoisotopic (exact) mass is 249 g/mol. The van der Waals surface area contributed by atoms with Gasteiger partial charge in [-0.2, -0.15) is 0 Å². The highest BCUT2D eigenvalue weighted by molar-refractivity contribution is 5.91. The Labute approximate surface area is 109 Å². The number of rotatable bonds is 3. The number of carbonyl (C=O) groups excluding carboxylic acids is 1. The van der Waals surface area contributed by atoms with E-state index in [-0.39, 0.29) is 11.9 Å². The van der Waals surface area contributed by atoms with E-state index in [1.807, 2.05) is 0 Å². The van der Waals surface area contributed by atoms with E-state index in [2.05, 4.69) is 26.1 Å². The van der Waals surface area contributed by atoms with Gasteiger partial charge in [0.05, 0.1) is 6.26 Å². The maximum absolute atomic E-state index is 12.0. The molecule has 3 atom stereocenters. The van der Waals surface area contributed by atoms with Gasteiger partial charge in [-0.05, 0) is 42.7 Å². The fraction of sp³-hybridized carbons (Fsp3) is 0.667. The lowest BCUT2D eigenvalue weighted by atomic mass is 9.74. The third-order valence-electron chi connectivity index (χ3n) is 4.08. The van der Waals surface area contributed by atoms with E-state index in [1.54, 1.807) is 18.4 Å². The van der Waals surface area contributed by atoms with E-state index in [0.717, 1.165) is 6.42 Å². The maximum Gasteiger partial charge on any atom is 0.287 e. The number of hydrogen-bond acceptors (Lipinski definition) is 2. The van der Waals surface area contributed by atoms with Crippen LogP contribution in [0.3, 0.4) is 0 Å². The molecular weight excluding hydrogens is 226 g/mol. The molecule has 0 bridgehead atoms. The van der Waals surface area contributed by atoms with Crippen LogP contribution in [0.4, 0.5) is 0 Å². The molecule has 0 spiro atoms. The van der Waals surface area contributed by atoms with E-state index in [9.17, 15) is 4.79 Å². The first-order chi connectivity index (χ1) is 8.58. The minimum atomic E-state index is -0.0789. The van der Waals surface area contributed by atoms with Crippen LogP contribution in [-0.2, 0) is 0 Å². The number of furan rings is 1. The van der Waals surface area contributed by atoms with Gasteiger partial charge in [-0.3, -0.25) is 4.79 Å². The molecule has 1 aromatic heterocycles. The SMILES string of the molecule is CC(C)[C@@H]1CC[C@@H](C)C[C@H]1NC(=O)c1ccco1. The largest absolute Gasteiger partial charge is 0.459 e. The van der Waals surface area contributed by atoms with E-state index in [1.165, 1.54) is 12.8 Å². The highest BCUT2D eigenvalue weighted by atomic mass is 16.3. The Morgan fingerprint density at radius 3 is 2.83 bits per heavy atom. The molecule has 1 amide bonds. The Morgan fingerprint density at radius 1 is 1.44 bits per heavy atom. The van der Waals surface area contributed by atoms with Crippen LogP contribution in [0.15, 0.2) is 22.8 Å². The number of nitrogens with one attached hydrogen (secondary N) is 1. The van der Waals surface area contributed by atoms with Gasteiger partial charge in [-0.1, -0.05) is 27.2 Å². The second kappa shape index (κ2) is 5.59. The average Bonchev–Trinajstić information content (AvgIpc) is 2.81. The number of hydrogen-bond donors (Lipinski definition) is 1. The summed E-state index contributed by atoms with van der Waals surface area (Å²) < 4.78 is 5.15. The van der Waals surface area contributed by atoms with Crippen molar-refractivity contribution in [3.8, 4) is 0 Å². The molecule has 1 fully saturated rings. The minimum Gasteiger partial charge on any atom is -0.459 e. The summed E-state index contributed by atoms with van der Waals surface area (Å²) in [4.78, 5) is 12.0. The van der Waals surface area contributed by atoms with E-state index in [4.69, 9.17) is 4.42 Å². The predicted octanol–water partition coefficient (Wildman–Crippen LogP) is 3.47. The molecule has 18 heavy (non-hydrogen) atoms. The van der Waals surface area contributed by atoms with Crippen molar-refractivity contribution in [2.24, 2.45) is 17.8 Å². The highest BCUT2D eigenvalue weighted by Gasteiger charge is 2.32. The maximum atomic E-state index is 12.0. The molecular formula is C15H23NO2. The Morgan fingerprint density at radius 2 is 2.22 bits per heavy atom. The van der Waals surface area contributed by atoms with Crippen LogP contribution >= 0.6 is 0 Å². The summed E-state index contributed by atoms with van der Waals surface area (Å²) in [5, 5.41) is 3.15. The normalized spacial score (nSPS) is 28.3. The van der Waals surface area contributed by atoms with E-state index in [0.29, 0.717) is 23.5 Å². The molecule has 100 valence electrons. The second-order valence-electron chi connectivity index (χ2n) is 5.88. The Balaban J connectivity index is 2.02. The lowest BCUT2D eigenvalue weighted by Gasteiger charge is -2.37. The third kappa shape index (κ3) is 2.95. The summed E-state index contributed by atoms with van der Waals surface area (Å²) in [6.07, 6.45) is 5.10. The standard InChI is InChI=1S/C15H23NO2/c1-10(2)12-7-6-11(3)9-13(12)16-15(17)14-5-4-8-18-14/h4-5,8,10-13H,6-7,9H2,1-3H3,(H,16,17)/t11-,12+,13-/m1/s1. The molecule has 0 saturated heterocycles. The van der Waals surface area contributed by atoms with Crippen LogP contribution < -0.4 is 5.32 Å². The molecule has 0 aromatic carbocycles. The molecule has 3 heteroatoms. The third-order valence-corrected chi connectivity index (χ3v) is 4.08. The Kier molecular flexibility index (Phi) is 4.10. The summed E-state index contributed by atoms with van der Waals surface area (Å²) >= 11 is 0. The zero-order valence-corrected chi connectivity index (χ0v) is 11.5. The van der Waals surface area contributed by atoms with Crippen molar-refractivity contribution >= 4 is 5.91 Å². The molecule has 1 aromatic rings. The van der Waals surface area contributed by atoms with Crippen molar-refractivity contribution < 1.29 is 9.21 Å². The van der Waals surface area contributed by atoms with Crippen molar-refractivity contribution in [2.45, 2.75) is 46.1 Å². The van der Waals surface area contributed by atoms with Gasteiger partial charge in [-0.25, -0.2) is 0 Å². The Bertz CT molecular complexity index is 383. The van der Waals surface area contributed by atoms with E-state index < -0.39 is 0 Å². The van der Waals surface area contributed by atoms with Gasteiger partial charge < -0.3 is 9.73 Å². The molecule has 1 N–H and O–H groups in total. The fourth-order valence-corrected chi connectivity index (χ4v) is 3.02. The lowest BCUT2D eigenvalue weighted by Crippen LogP contribution is -2.45. The van der Waals surface area contributed by atoms with Crippen molar-refractivity contribution in [1.82, 2.24) is 5.32 Å². The number of amides is 1. The molecule has 3 nitrogen and oxygen atoms in total. The van der Waals surface area contributed by atoms with E-state index >= 15 is 0 Å². The smallest absolute Gasteiger partial charge is 0.287 e. The summed E-state index contributed by atoms with van der Waals surface area (Å²) in [6.45, 7) is 6.75. The van der Waals surface area contributed by atoms with Crippen LogP contribution in [0.1, 0.15) is 50.6 Å². The first-order valence-corrected chi connectivity index (χ1v) is 6.92. The van der Waals surface area contributed by atoms with Crippen molar-refractivity contribution in [3.63, 3.8) is 0 Å². The molecule has 0 unspecified atom stereocenters. The van der Waals surface area contributed by atoms with Gasteiger partial charge in [0, 0.05) is 6.04 Å². The molecule has 2 rings (SSSR count). The van der Waals surface area contributed by atoms with Gasteiger partial charge in [0.25, 0.3) is 5.91 Å². The van der Waals surface area contributed by atoms with Crippen LogP contribution in [0.2, 0.25) is 0 Å². The van der Waals surface area contributed by atoms with Gasteiger partial charge in [-0.15, -0.1) is 0 Å². The molecule has 0 aliphatic heterocycles. The summed E-state index contributed by atoms with van der Waals surface area (Å²) in [6, 6.07) is 3.75. The molecule has 1 heterocycles. The molecule has 1 aliphatic carbocycles. The summed E-state index contributed by atoms with van der Waals surface area (Å²) in [5.41, 5.74) is 0. The van der Waals surface area contributed by atoms with Gasteiger partial charge >= 0.3 is 0 Å². The van der Waals surface area contributed by atoms with Crippen molar-refractivity contribution in [3.05, 3.63) is 24.2 Å². The predicted molar refractivity (Wildman–Crippen MR) is 71.3 cm³/mol. The first-order valence-electron chi connectivity index (χ1n) is 6.92. The Hall–Kier alpha value is -1.25. The van der Waals surface area contributed by atoms with Crippen LogP contribution in [0.5, 0.6) is 0 Å². The van der Waals surface area contributed by atoms with Gasteiger partial charge in [0.2, 0.25) is 0 Å². The molecule has 1 saturated carbocycles. The quantitative estimate of drug-likeness (QED) is 0.891. The van der Waals surface area contributed by atoms with Gasteiger partial charge in [0.15, 0.2) is 5.76 Å². The van der Waals surface area contributed by atoms with Crippen LogP contribution in [0, 0.1) is 17.8 Å². The highest BCUT2D eigenvalue weighted by Crippen LogP contribution is 2.33. The first kappa shape index (κ1) is 13.2. The topological polar surface area (TPSA) is 42.2 Å². The number of carbonyl (C=O) groups is 1. The average molecular weight is 249 g/mol. The van der Waals surface area contributed by atoms with Crippen molar-refractivity contribution in [1.29, 1.82) is 0 Å². The van der Waals surface area contributed by atoms with Crippen molar-refractivity contribution in [2.75, 3.05) is 0 Å². The zero-order valence-electron chi connectivity index (χ0n) is 11.5. The van der Waals surface area contributed by atoms with Crippen LogP contribution in [0.25, 0.3) is 0 Å².